The highest BCUT2D eigenvalue weighted by molar-refractivity contribution is 5.86. The highest BCUT2D eigenvalue weighted by Gasteiger charge is 2.26. The van der Waals surface area contributed by atoms with Gasteiger partial charge in [0, 0.05) is 51.0 Å². The van der Waals surface area contributed by atoms with E-state index in [1.54, 1.807) is 19.5 Å². The molecule has 1 amide bonds. The average molecular weight is 469 g/mol. The summed E-state index contributed by atoms with van der Waals surface area (Å²) in [6.45, 7) is 8.80. The zero-order valence-corrected chi connectivity index (χ0v) is 21.2. The molecule has 34 heavy (non-hydrogen) atoms. The Kier molecular flexibility index (Phi) is 11.2. The van der Waals surface area contributed by atoms with Crippen molar-refractivity contribution in [3.8, 4) is 0 Å². The minimum Gasteiger partial charge on any atom is -0.385 e. The largest absolute Gasteiger partial charge is 0.385 e. The molecule has 2 N–H and O–H groups in total. The first-order chi connectivity index (χ1) is 16.3. The normalized spacial score (nSPS) is 16.2. The van der Waals surface area contributed by atoms with Gasteiger partial charge in [-0.1, -0.05) is 39.0 Å². The Labute approximate surface area is 204 Å². The lowest BCUT2D eigenvalue weighted by molar-refractivity contribution is -0.122. The number of pyridine rings is 1. The third-order valence-electron chi connectivity index (χ3n) is 5.86. The molecule has 1 aromatic heterocycles. The smallest absolute Gasteiger partial charge is 0.247 e. The van der Waals surface area contributed by atoms with Gasteiger partial charge in [-0.05, 0) is 55.0 Å². The number of amides is 1. The summed E-state index contributed by atoms with van der Waals surface area (Å²) in [7, 11) is 3.60. The van der Waals surface area contributed by atoms with E-state index in [4.69, 9.17) is 4.74 Å². The van der Waals surface area contributed by atoms with Gasteiger partial charge in [-0.3, -0.25) is 9.78 Å². The SMILES string of the molecule is COCCCNC(=O)C(c1cccnc1)N(C)c1ccc(C(C)(C)C)cc1.O=CC1CCCN1. The number of likely N-dealkylation sites (N-methyl/N-ethyl adjacent to an activating group) is 1. The molecule has 1 fully saturated rings. The Morgan fingerprint density at radius 2 is 2.03 bits per heavy atom. The molecule has 0 bridgehead atoms. The Morgan fingerprint density at radius 3 is 2.53 bits per heavy atom. The molecule has 7 heteroatoms. The molecule has 2 heterocycles. The minimum atomic E-state index is -0.443. The average Bonchev–Trinajstić information content (AvgIpc) is 3.37. The lowest BCUT2D eigenvalue weighted by Crippen LogP contribution is -2.39. The zero-order valence-electron chi connectivity index (χ0n) is 21.2. The van der Waals surface area contributed by atoms with E-state index >= 15 is 0 Å². The molecular weight excluding hydrogens is 428 g/mol. The lowest BCUT2D eigenvalue weighted by Gasteiger charge is -2.30. The molecule has 0 aliphatic carbocycles. The maximum absolute atomic E-state index is 12.9. The van der Waals surface area contributed by atoms with Crippen LogP contribution in [0.3, 0.4) is 0 Å². The molecule has 1 aliphatic heterocycles. The van der Waals surface area contributed by atoms with E-state index < -0.39 is 6.04 Å². The lowest BCUT2D eigenvalue weighted by atomic mass is 9.87. The molecule has 0 spiro atoms. The predicted octanol–water partition coefficient (Wildman–Crippen LogP) is 3.65. The summed E-state index contributed by atoms with van der Waals surface area (Å²) in [4.78, 5) is 29.1. The summed E-state index contributed by atoms with van der Waals surface area (Å²) >= 11 is 0. The number of rotatable bonds is 9. The van der Waals surface area contributed by atoms with E-state index in [9.17, 15) is 9.59 Å². The quantitative estimate of drug-likeness (QED) is 0.432. The van der Waals surface area contributed by atoms with Gasteiger partial charge in [0.05, 0.1) is 6.04 Å². The zero-order chi connectivity index (χ0) is 25.0. The summed E-state index contributed by atoms with van der Waals surface area (Å²) in [5.74, 6) is -0.0403. The third kappa shape index (κ3) is 8.54. The van der Waals surface area contributed by atoms with E-state index in [0.717, 1.165) is 43.3 Å². The first-order valence-corrected chi connectivity index (χ1v) is 12.0. The number of aromatic nitrogens is 1. The molecule has 186 valence electrons. The molecule has 3 rings (SSSR count). The fourth-order valence-corrected chi connectivity index (χ4v) is 3.79. The van der Waals surface area contributed by atoms with E-state index in [2.05, 4.69) is 60.7 Å². The summed E-state index contributed by atoms with van der Waals surface area (Å²) in [6, 6.07) is 11.9. The highest BCUT2D eigenvalue weighted by Crippen LogP contribution is 2.29. The Balaban J connectivity index is 0.000000497. The van der Waals surface area contributed by atoms with Gasteiger partial charge in [-0.25, -0.2) is 0 Å². The van der Waals surface area contributed by atoms with Crippen LogP contribution >= 0.6 is 0 Å². The number of nitrogens with one attached hydrogen (secondary N) is 2. The molecule has 1 aromatic carbocycles. The van der Waals surface area contributed by atoms with Gasteiger partial charge in [0.25, 0.3) is 0 Å². The molecule has 0 radical (unpaired) electrons. The van der Waals surface area contributed by atoms with Crippen molar-refractivity contribution in [2.75, 3.05) is 38.8 Å². The van der Waals surface area contributed by atoms with Gasteiger partial charge in [-0.2, -0.15) is 0 Å². The summed E-state index contributed by atoms with van der Waals surface area (Å²) < 4.78 is 5.05. The van der Waals surface area contributed by atoms with Crippen LogP contribution in [0.1, 0.15) is 57.2 Å². The fourth-order valence-electron chi connectivity index (χ4n) is 3.79. The molecule has 0 saturated carbocycles. The maximum atomic E-state index is 12.9. The van der Waals surface area contributed by atoms with Crippen molar-refractivity contribution in [1.82, 2.24) is 15.6 Å². The number of aldehydes is 1. The van der Waals surface area contributed by atoms with Gasteiger partial charge >= 0.3 is 0 Å². The maximum Gasteiger partial charge on any atom is 0.247 e. The molecule has 7 nitrogen and oxygen atoms in total. The van der Waals surface area contributed by atoms with E-state index in [0.29, 0.717) is 13.2 Å². The first-order valence-electron chi connectivity index (χ1n) is 12.0. The van der Waals surface area contributed by atoms with Crippen LogP contribution in [0.2, 0.25) is 0 Å². The summed E-state index contributed by atoms with van der Waals surface area (Å²) in [5, 5.41) is 6.05. The van der Waals surface area contributed by atoms with E-state index in [-0.39, 0.29) is 17.4 Å². The van der Waals surface area contributed by atoms with E-state index in [1.165, 1.54) is 5.56 Å². The number of hydrogen-bond donors (Lipinski definition) is 2. The van der Waals surface area contributed by atoms with Crippen molar-refractivity contribution in [2.24, 2.45) is 0 Å². The van der Waals surface area contributed by atoms with Crippen molar-refractivity contribution in [3.05, 3.63) is 59.9 Å². The van der Waals surface area contributed by atoms with Crippen molar-refractivity contribution in [1.29, 1.82) is 0 Å². The van der Waals surface area contributed by atoms with Crippen molar-refractivity contribution in [2.45, 2.75) is 57.5 Å². The van der Waals surface area contributed by atoms with Crippen molar-refractivity contribution >= 4 is 17.9 Å². The Hall–Kier alpha value is -2.77. The number of carbonyl (C=O) groups is 2. The van der Waals surface area contributed by atoms with Gasteiger partial charge < -0.3 is 25.1 Å². The highest BCUT2D eigenvalue weighted by atomic mass is 16.5. The van der Waals surface area contributed by atoms with Gasteiger partial charge in [0.2, 0.25) is 5.91 Å². The fraction of sp³-hybridized carbons (Fsp3) is 0.519. The van der Waals surface area contributed by atoms with E-state index in [1.807, 2.05) is 24.1 Å². The monoisotopic (exact) mass is 468 g/mol. The minimum absolute atomic E-state index is 0.0403. The molecule has 2 unspecified atom stereocenters. The molecule has 1 aliphatic rings. The van der Waals surface area contributed by atoms with Crippen molar-refractivity contribution < 1.29 is 14.3 Å². The summed E-state index contributed by atoms with van der Waals surface area (Å²) in [5.41, 5.74) is 3.22. The van der Waals surface area contributed by atoms with Crippen molar-refractivity contribution in [3.63, 3.8) is 0 Å². The second kappa shape index (κ2) is 13.8. The molecule has 2 atom stereocenters. The number of ether oxygens (including phenoxy) is 1. The number of benzene rings is 1. The first kappa shape index (κ1) is 27.5. The van der Waals surface area contributed by atoms with Crippen LogP contribution in [-0.4, -0.2) is 57.1 Å². The van der Waals surface area contributed by atoms with Crippen LogP contribution in [0.15, 0.2) is 48.8 Å². The van der Waals surface area contributed by atoms with Crippen LogP contribution in [0.4, 0.5) is 5.69 Å². The predicted molar refractivity (Wildman–Crippen MR) is 137 cm³/mol. The molecule has 2 aromatic rings. The van der Waals surface area contributed by atoms with Gasteiger partial charge in [0.15, 0.2) is 0 Å². The Morgan fingerprint density at radius 1 is 1.29 bits per heavy atom. The summed E-state index contributed by atoms with van der Waals surface area (Å²) in [6.07, 6.45) is 7.42. The standard InChI is InChI=1S/C22H31N3O2.C5H9NO/c1-22(2,3)18-9-11-19(12-10-18)25(4)20(17-8-6-13-23-16-17)21(26)24-14-7-15-27-5;7-4-5-2-1-3-6-5/h6,8-13,16,20H,7,14-15H2,1-5H3,(H,24,26);4-6H,1-3H2. The number of hydrogen-bond acceptors (Lipinski definition) is 6. The van der Waals surface area contributed by atoms with Crippen LogP contribution < -0.4 is 15.5 Å². The van der Waals surface area contributed by atoms with Crippen LogP contribution in [0, 0.1) is 0 Å². The number of nitrogens with zero attached hydrogens (tertiary/aromatic N) is 2. The number of methoxy groups -OCH3 is 1. The molecule has 1 saturated heterocycles. The molecular formula is C27H40N4O3. The second-order valence-electron chi connectivity index (χ2n) is 9.57. The second-order valence-corrected chi connectivity index (χ2v) is 9.57. The van der Waals surface area contributed by atoms with Gasteiger partial charge in [0.1, 0.15) is 12.3 Å². The van der Waals surface area contributed by atoms with Gasteiger partial charge in [-0.15, -0.1) is 0 Å². The number of anilines is 1. The van der Waals surface area contributed by atoms with Crippen LogP contribution in [0.5, 0.6) is 0 Å². The van der Waals surface area contributed by atoms with Crippen LogP contribution in [-0.2, 0) is 19.7 Å². The Bertz CT molecular complexity index is 860. The number of carbonyl (C=O) groups excluding carboxylic acids is 2. The third-order valence-corrected chi connectivity index (χ3v) is 5.86. The topological polar surface area (TPSA) is 83.6 Å². The van der Waals surface area contributed by atoms with Crippen LogP contribution in [0.25, 0.3) is 0 Å².